The van der Waals surface area contributed by atoms with Crippen LogP contribution in [0.15, 0.2) is 18.3 Å². The number of morpholine rings is 1. The van der Waals surface area contributed by atoms with Crippen molar-refractivity contribution in [1.82, 2.24) is 4.98 Å². The Morgan fingerprint density at radius 2 is 2.32 bits per heavy atom. The zero-order valence-electron chi connectivity index (χ0n) is 11.8. The molecule has 2 atom stereocenters. The van der Waals surface area contributed by atoms with Crippen molar-refractivity contribution in [1.29, 1.82) is 0 Å². The molecule has 0 radical (unpaired) electrons. The van der Waals surface area contributed by atoms with E-state index in [0.717, 1.165) is 17.9 Å². The number of rotatable bonds is 3. The Bertz CT molecular complexity index is 417. The van der Waals surface area contributed by atoms with Crippen molar-refractivity contribution in [3.63, 3.8) is 0 Å². The predicted octanol–water partition coefficient (Wildman–Crippen LogP) is 1.08. The van der Waals surface area contributed by atoms with Crippen molar-refractivity contribution >= 4 is 5.69 Å². The minimum Gasteiger partial charge on any atom is -0.394 e. The fourth-order valence-electron chi connectivity index (χ4n) is 2.44. The lowest BCUT2D eigenvalue weighted by Gasteiger charge is -2.43. The van der Waals surface area contributed by atoms with Gasteiger partial charge in [0.15, 0.2) is 0 Å². The minimum atomic E-state index is -0.272. The van der Waals surface area contributed by atoms with Gasteiger partial charge < -0.3 is 20.5 Å². The van der Waals surface area contributed by atoms with Gasteiger partial charge >= 0.3 is 0 Å². The van der Waals surface area contributed by atoms with Crippen LogP contribution in [-0.2, 0) is 4.74 Å². The van der Waals surface area contributed by atoms with E-state index >= 15 is 0 Å². The summed E-state index contributed by atoms with van der Waals surface area (Å²) in [6, 6.07) is 3.93. The van der Waals surface area contributed by atoms with Crippen LogP contribution in [0.25, 0.3) is 0 Å². The van der Waals surface area contributed by atoms with E-state index in [1.807, 2.05) is 39.1 Å². The first-order valence-corrected chi connectivity index (χ1v) is 6.66. The molecule has 1 aromatic rings. The van der Waals surface area contributed by atoms with E-state index in [-0.39, 0.29) is 24.4 Å². The van der Waals surface area contributed by atoms with Crippen LogP contribution >= 0.6 is 0 Å². The van der Waals surface area contributed by atoms with Crippen molar-refractivity contribution in [3.05, 3.63) is 24.0 Å². The van der Waals surface area contributed by atoms with Crippen molar-refractivity contribution in [3.8, 4) is 0 Å². The van der Waals surface area contributed by atoms with E-state index in [2.05, 4.69) is 9.88 Å². The van der Waals surface area contributed by atoms with Gasteiger partial charge in [0.25, 0.3) is 0 Å². The molecule has 1 aliphatic rings. The average molecular weight is 265 g/mol. The van der Waals surface area contributed by atoms with Gasteiger partial charge in [0.1, 0.15) is 0 Å². The molecule has 2 rings (SSSR count). The van der Waals surface area contributed by atoms with E-state index in [0.29, 0.717) is 6.54 Å². The summed E-state index contributed by atoms with van der Waals surface area (Å²) in [5, 5.41) is 9.32. The molecule has 5 heteroatoms. The van der Waals surface area contributed by atoms with Gasteiger partial charge in [0.05, 0.1) is 35.9 Å². The molecule has 0 amide bonds. The zero-order chi connectivity index (χ0) is 14.0. The Morgan fingerprint density at radius 3 is 2.84 bits per heavy atom. The largest absolute Gasteiger partial charge is 0.394 e. The number of aromatic nitrogens is 1. The summed E-state index contributed by atoms with van der Waals surface area (Å²) in [6.07, 6.45) is 1.69. The fraction of sp³-hybridized carbons (Fsp3) is 0.643. The van der Waals surface area contributed by atoms with Crippen molar-refractivity contribution < 1.29 is 9.84 Å². The van der Waals surface area contributed by atoms with E-state index in [1.54, 1.807) is 0 Å². The van der Waals surface area contributed by atoms with Gasteiger partial charge in [-0.25, -0.2) is 0 Å². The lowest BCUT2D eigenvalue weighted by atomic mass is 10.0. The predicted molar refractivity (Wildman–Crippen MR) is 75.1 cm³/mol. The van der Waals surface area contributed by atoms with Gasteiger partial charge in [-0.2, -0.15) is 0 Å². The lowest BCUT2D eigenvalue weighted by Crippen LogP contribution is -2.54. The number of aliphatic hydroxyl groups is 1. The second kappa shape index (κ2) is 5.45. The van der Waals surface area contributed by atoms with Crippen LogP contribution in [0.5, 0.6) is 0 Å². The monoisotopic (exact) mass is 265 g/mol. The smallest absolute Gasteiger partial charge is 0.0988 e. The molecule has 0 spiro atoms. The topological polar surface area (TPSA) is 71.6 Å². The molecule has 5 nitrogen and oxygen atoms in total. The molecule has 3 N–H and O–H groups in total. The average Bonchev–Trinajstić information content (AvgIpc) is 2.37. The van der Waals surface area contributed by atoms with Crippen LogP contribution in [0.1, 0.15) is 32.5 Å². The highest BCUT2D eigenvalue weighted by Gasteiger charge is 2.33. The van der Waals surface area contributed by atoms with Crippen LogP contribution in [0.2, 0.25) is 0 Å². The third-order valence-corrected chi connectivity index (χ3v) is 3.29. The third kappa shape index (κ3) is 3.43. The first-order valence-electron chi connectivity index (χ1n) is 6.66. The van der Waals surface area contributed by atoms with E-state index in [4.69, 9.17) is 10.5 Å². The van der Waals surface area contributed by atoms with Crippen molar-refractivity contribution in [2.24, 2.45) is 5.73 Å². The highest BCUT2D eigenvalue weighted by atomic mass is 16.5. The maximum Gasteiger partial charge on any atom is 0.0988 e. The second-order valence-electron chi connectivity index (χ2n) is 5.79. The first-order chi connectivity index (χ1) is 8.91. The number of aliphatic hydroxyl groups excluding tert-OH is 1. The number of hydrogen-bond donors (Lipinski definition) is 2. The molecule has 2 heterocycles. The molecular formula is C14H23N3O2. The normalized spacial score (nSPS) is 24.3. The number of nitrogens with two attached hydrogens (primary N) is 1. The highest BCUT2D eigenvalue weighted by Crippen LogP contribution is 2.26. The van der Waals surface area contributed by atoms with Crippen LogP contribution in [0.4, 0.5) is 5.69 Å². The van der Waals surface area contributed by atoms with E-state index in [1.165, 1.54) is 0 Å². The second-order valence-corrected chi connectivity index (χ2v) is 5.79. The molecule has 0 aromatic carbocycles. The molecule has 19 heavy (non-hydrogen) atoms. The van der Waals surface area contributed by atoms with Crippen molar-refractivity contribution in [2.75, 3.05) is 24.6 Å². The van der Waals surface area contributed by atoms with Gasteiger partial charge in [0, 0.05) is 19.1 Å². The highest BCUT2D eigenvalue weighted by molar-refractivity contribution is 5.46. The first kappa shape index (κ1) is 14.2. The molecule has 2 unspecified atom stereocenters. The lowest BCUT2D eigenvalue weighted by molar-refractivity contribution is -0.101. The Labute approximate surface area is 114 Å². The Morgan fingerprint density at radius 1 is 1.58 bits per heavy atom. The third-order valence-electron chi connectivity index (χ3n) is 3.29. The molecule has 106 valence electrons. The molecule has 1 aromatic heterocycles. The molecule has 1 fully saturated rings. The fourth-order valence-corrected chi connectivity index (χ4v) is 2.44. The Kier molecular flexibility index (Phi) is 4.08. The van der Waals surface area contributed by atoms with Gasteiger partial charge in [-0.1, -0.05) is 0 Å². The number of ether oxygens (including phenoxy) is 1. The SMILES string of the molecule is CC(N)c1ccc(N2CC(CO)OC(C)(C)C2)cn1. The summed E-state index contributed by atoms with van der Waals surface area (Å²) in [5.41, 5.74) is 7.45. The summed E-state index contributed by atoms with van der Waals surface area (Å²) >= 11 is 0. The summed E-state index contributed by atoms with van der Waals surface area (Å²) in [4.78, 5) is 6.58. The number of nitrogens with zero attached hydrogens (tertiary/aromatic N) is 2. The Hall–Kier alpha value is -1.17. The van der Waals surface area contributed by atoms with Gasteiger partial charge in [-0.3, -0.25) is 4.98 Å². The molecular weight excluding hydrogens is 242 g/mol. The molecule has 1 aliphatic heterocycles. The maximum absolute atomic E-state index is 9.32. The summed E-state index contributed by atoms with van der Waals surface area (Å²) in [5.74, 6) is 0. The van der Waals surface area contributed by atoms with Crippen molar-refractivity contribution in [2.45, 2.75) is 38.5 Å². The van der Waals surface area contributed by atoms with Crippen LogP contribution in [0.3, 0.4) is 0 Å². The summed E-state index contributed by atoms with van der Waals surface area (Å²) in [6.45, 7) is 7.48. The summed E-state index contributed by atoms with van der Waals surface area (Å²) < 4.78 is 5.80. The van der Waals surface area contributed by atoms with Gasteiger partial charge in [-0.15, -0.1) is 0 Å². The zero-order valence-corrected chi connectivity index (χ0v) is 11.8. The summed E-state index contributed by atoms with van der Waals surface area (Å²) in [7, 11) is 0. The number of pyridine rings is 1. The number of hydrogen-bond acceptors (Lipinski definition) is 5. The molecule has 0 bridgehead atoms. The minimum absolute atomic E-state index is 0.0330. The quantitative estimate of drug-likeness (QED) is 0.855. The van der Waals surface area contributed by atoms with Crippen LogP contribution in [-0.4, -0.2) is 41.5 Å². The molecule has 0 aliphatic carbocycles. The van der Waals surface area contributed by atoms with Gasteiger partial charge in [0.2, 0.25) is 0 Å². The van der Waals surface area contributed by atoms with Crippen LogP contribution < -0.4 is 10.6 Å². The van der Waals surface area contributed by atoms with Crippen LogP contribution in [0, 0.1) is 0 Å². The Balaban J connectivity index is 2.16. The van der Waals surface area contributed by atoms with E-state index < -0.39 is 0 Å². The van der Waals surface area contributed by atoms with Gasteiger partial charge in [-0.05, 0) is 32.9 Å². The molecule has 1 saturated heterocycles. The molecule has 0 saturated carbocycles. The standard InChI is InChI=1S/C14H23N3O2/c1-10(15)13-5-4-11(6-16-13)17-7-12(8-18)19-14(2,3)9-17/h4-6,10,12,18H,7-9,15H2,1-3H3. The van der Waals surface area contributed by atoms with E-state index in [9.17, 15) is 5.11 Å². The number of anilines is 1. The maximum atomic E-state index is 9.32.